The molecule has 1 atom stereocenters. The molecule has 0 aliphatic heterocycles. The lowest BCUT2D eigenvalue weighted by Crippen LogP contribution is -2.49. The fraction of sp³-hybridized carbons (Fsp3) is 0.267. The Bertz CT molecular complexity index is 542. The van der Waals surface area contributed by atoms with E-state index in [2.05, 4.69) is 0 Å². The molecule has 0 fully saturated rings. The summed E-state index contributed by atoms with van der Waals surface area (Å²) in [5.41, 5.74) is 11.3. The summed E-state index contributed by atoms with van der Waals surface area (Å²) in [6, 6.07) is 13.1. The van der Waals surface area contributed by atoms with Gasteiger partial charge in [-0.1, -0.05) is 30.3 Å². The summed E-state index contributed by atoms with van der Waals surface area (Å²) in [4.78, 5) is 11.7. The summed E-state index contributed by atoms with van der Waals surface area (Å²) in [5, 5.41) is 0. The third-order valence-electron chi connectivity index (χ3n) is 3.19. The van der Waals surface area contributed by atoms with Gasteiger partial charge in [0.15, 0.2) is 0 Å². The van der Waals surface area contributed by atoms with Gasteiger partial charge in [-0.3, -0.25) is 4.79 Å². The van der Waals surface area contributed by atoms with E-state index in [4.69, 9.17) is 15.9 Å². The first-order chi connectivity index (χ1) is 9.63. The van der Waals surface area contributed by atoms with Crippen molar-refractivity contribution in [1.29, 1.82) is 0 Å². The van der Waals surface area contributed by atoms with Gasteiger partial charge in [-0.25, -0.2) is 0 Å². The van der Waals surface area contributed by atoms with Crippen molar-refractivity contribution in [2.45, 2.75) is 17.7 Å². The molecule has 4 nitrogen and oxygen atoms in total. The second-order valence-electron chi connectivity index (χ2n) is 4.58. The number of furan rings is 1. The molecule has 5 heteroatoms. The number of nitrogens with two attached hydrogens (primary N) is 2. The van der Waals surface area contributed by atoms with E-state index in [1.54, 1.807) is 18.0 Å². The zero-order valence-electron chi connectivity index (χ0n) is 11.1. The molecule has 0 bridgehead atoms. The fourth-order valence-electron chi connectivity index (χ4n) is 1.95. The molecule has 0 saturated heterocycles. The van der Waals surface area contributed by atoms with Gasteiger partial charge in [0.25, 0.3) is 0 Å². The lowest BCUT2D eigenvalue weighted by Gasteiger charge is -2.26. The van der Waals surface area contributed by atoms with Crippen molar-refractivity contribution in [1.82, 2.24) is 0 Å². The summed E-state index contributed by atoms with van der Waals surface area (Å²) in [7, 11) is 0. The summed E-state index contributed by atoms with van der Waals surface area (Å²) >= 11 is 1.67. The number of benzene rings is 1. The predicted octanol–water partition coefficient (Wildman–Crippen LogP) is 2.24. The van der Waals surface area contributed by atoms with Crippen molar-refractivity contribution in [3.8, 4) is 0 Å². The van der Waals surface area contributed by atoms with E-state index < -0.39 is 11.4 Å². The zero-order valence-corrected chi connectivity index (χ0v) is 11.9. The smallest absolute Gasteiger partial charge is 0.242 e. The zero-order chi connectivity index (χ0) is 14.4. The molecule has 4 N–H and O–H groups in total. The number of thioether (sulfide) groups is 1. The Morgan fingerprint density at radius 3 is 2.55 bits per heavy atom. The molecule has 1 amide bonds. The minimum Gasteiger partial charge on any atom is -0.468 e. The topological polar surface area (TPSA) is 82.2 Å². The average molecular weight is 290 g/mol. The lowest BCUT2D eigenvalue weighted by atomic mass is 9.88. The van der Waals surface area contributed by atoms with Crippen molar-refractivity contribution in [3.63, 3.8) is 0 Å². The highest BCUT2D eigenvalue weighted by Crippen LogP contribution is 2.25. The number of primary amides is 1. The highest BCUT2D eigenvalue weighted by molar-refractivity contribution is 7.98. The maximum Gasteiger partial charge on any atom is 0.242 e. The van der Waals surface area contributed by atoms with Crippen LogP contribution in [0.15, 0.2) is 53.1 Å². The van der Waals surface area contributed by atoms with E-state index in [0.29, 0.717) is 6.42 Å². The van der Waals surface area contributed by atoms with Crippen LogP contribution in [0.25, 0.3) is 0 Å². The first-order valence-electron chi connectivity index (χ1n) is 6.37. The molecule has 0 aliphatic rings. The number of hydrogen-bond donors (Lipinski definition) is 2. The Kier molecular flexibility index (Phi) is 4.87. The maximum absolute atomic E-state index is 11.7. The number of carbonyl (C=O) groups excluding carboxylic acids is 1. The van der Waals surface area contributed by atoms with Crippen LogP contribution < -0.4 is 11.5 Å². The molecule has 1 aromatic heterocycles. The van der Waals surface area contributed by atoms with Gasteiger partial charge in [0.2, 0.25) is 5.91 Å². The van der Waals surface area contributed by atoms with E-state index in [-0.39, 0.29) is 0 Å². The monoisotopic (exact) mass is 290 g/mol. The summed E-state index contributed by atoms with van der Waals surface area (Å²) < 4.78 is 5.25. The minimum absolute atomic E-state index is 0.498. The van der Waals surface area contributed by atoms with Crippen LogP contribution in [0.4, 0.5) is 0 Å². The highest BCUT2D eigenvalue weighted by Gasteiger charge is 2.33. The highest BCUT2D eigenvalue weighted by atomic mass is 32.2. The molecule has 0 saturated carbocycles. The molecule has 0 aliphatic carbocycles. The standard InChI is InChI=1S/C15H18N2O2S/c16-14(18)15(17,12-5-2-1-3-6-12)8-10-20-11-13-7-4-9-19-13/h1-7,9H,8,10-11,17H2,(H2,16,18). The Hall–Kier alpha value is -1.72. The van der Waals surface area contributed by atoms with Crippen LogP contribution in [-0.2, 0) is 16.1 Å². The van der Waals surface area contributed by atoms with E-state index in [1.807, 2.05) is 42.5 Å². The van der Waals surface area contributed by atoms with Gasteiger partial charge in [0.05, 0.1) is 12.0 Å². The molecule has 0 spiro atoms. The number of hydrogen-bond acceptors (Lipinski definition) is 4. The van der Waals surface area contributed by atoms with E-state index in [1.165, 1.54) is 0 Å². The van der Waals surface area contributed by atoms with Crippen molar-refractivity contribution in [3.05, 3.63) is 60.1 Å². The molecule has 106 valence electrons. The van der Waals surface area contributed by atoms with E-state index in [9.17, 15) is 4.79 Å². The fourth-order valence-corrected chi connectivity index (χ4v) is 2.92. The van der Waals surface area contributed by atoms with Gasteiger partial charge in [-0.15, -0.1) is 0 Å². The minimum atomic E-state index is -1.11. The molecule has 1 aromatic carbocycles. The number of amides is 1. The molecule has 20 heavy (non-hydrogen) atoms. The Labute approximate surface area is 122 Å². The molecule has 1 unspecified atom stereocenters. The van der Waals surface area contributed by atoms with Crippen LogP contribution in [0.2, 0.25) is 0 Å². The second-order valence-corrected chi connectivity index (χ2v) is 5.69. The molecule has 2 aromatic rings. The first-order valence-corrected chi connectivity index (χ1v) is 7.53. The van der Waals surface area contributed by atoms with Crippen LogP contribution in [-0.4, -0.2) is 11.7 Å². The molecule has 1 heterocycles. The van der Waals surface area contributed by atoms with Crippen LogP contribution in [0.1, 0.15) is 17.7 Å². The van der Waals surface area contributed by atoms with Crippen LogP contribution in [0.5, 0.6) is 0 Å². The summed E-state index contributed by atoms with van der Waals surface area (Å²) in [5.74, 6) is 1.91. The maximum atomic E-state index is 11.7. The molecule has 0 radical (unpaired) electrons. The Morgan fingerprint density at radius 1 is 1.20 bits per heavy atom. The molecular weight excluding hydrogens is 272 g/mol. The molecular formula is C15H18N2O2S. The van der Waals surface area contributed by atoms with Gasteiger partial charge < -0.3 is 15.9 Å². The van der Waals surface area contributed by atoms with Crippen LogP contribution in [0.3, 0.4) is 0 Å². The van der Waals surface area contributed by atoms with E-state index >= 15 is 0 Å². The summed E-state index contributed by atoms with van der Waals surface area (Å²) in [6.45, 7) is 0. The number of carbonyl (C=O) groups is 1. The van der Waals surface area contributed by atoms with Crippen LogP contribution in [0, 0.1) is 0 Å². The van der Waals surface area contributed by atoms with Crippen molar-refractivity contribution in [2.24, 2.45) is 11.5 Å². The number of rotatable bonds is 7. The van der Waals surface area contributed by atoms with Crippen molar-refractivity contribution < 1.29 is 9.21 Å². The third-order valence-corrected chi connectivity index (χ3v) is 4.18. The quantitative estimate of drug-likeness (QED) is 0.766. The predicted molar refractivity (Wildman–Crippen MR) is 81.0 cm³/mol. The van der Waals surface area contributed by atoms with E-state index in [0.717, 1.165) is 22.8 Å². The summed E-state index contributed by atoms with van der Waals surface area (Å²) in [6.07, 6.45) is 2.15. The SMILES string of the molecule is NC(=O)C(N)(CCSCc1ccco1)c1ccccc1. The van der Waals surface area contributed by atoms with Gasteiger partial charge in [-0.05, 0) is 29.9 Å². The molecule has 2 rings (SSSR count). The largest absolute Gasteiger partial charge is 0.468 e. The van der Waals surface area contributed by atoms with Gasteiger partial charge in [0, 0.05) is 0 Å². The third kappa shape index (κ3) is 3.43. The Balaban J connectivity index is 1.94. The lowest BCUT2D eigenvalue weighted by molar-refractivity contribution is -0.123. The van der Waals surface area contributed by atoms with Gasteiger partial charge in [-0.2, -0.15) is 11.8 Å². The van der Waals surface area contributed by atoms with Gasteiger partial charge >= 0.3 is 0 Å². The first kappa shape index (κ1) is 14.7. The Morgan fingerprint density at radius 2 is 1.95 bits per heavy atom. The van der Waals surface area contributed by atoms with Gasteiger partial charge in [0.1, 0.15) is 11.3 Å². The van der Waals surface area contributed by atoms with Crippen molar-refractivity contribution >= 4 is 17.7 Å². The second kappa shape index (κ2) is 6.63. The normalized spacial score (nSPS) is 13.8. The van der Waals surface area contributed by atoms with Crippen molar-refractivity contribution in [2.75, 3.05) is 5.75 Å². The van der Waals surface area contributed by atoms with Crippen LogP contribution >= 0.6 is 11.8 Å². The average Bonchev–Trinajstić information content (AvgIpc) is 2.97.